The molecule has 2 nitrogen and oxygen atoms in total. The Morgan fingerprint density at radius 2 is 1.62 bits per heavy atom. The lowest BCUT2D eigenvalue weighted by atomic mass is 10.0. The summed E-state index contributed by atoms with van der Waals surface area (Å²) < 4.78 is 0. The molecule has 0 radical (unpaired) electrons. The zero-order chi connectivity index (χ0) is 14.7. The number of nitrogens with one attached hydrogen (secondary N) is 1. The van der Waals surface area contributed by atoms with E-state index in [9.17, 15) is 4.79 Å². The van der Waals surface area contributed by atoms with Crippen molar-refractivity contribution in [3.05, 3.63) is 77.3 Å². The van der Waals surface area contributed by atoms with Gasteiger partial charge in [0.25, 0.3) is 0 Å². The van der Waals surface area contributed by atoms with E-state index in [2.05, 4.69) is 17.4 Å². The molecule has 1 N–H and O–H groups in total. The summed E-state index contributed by atoms with van der Waals surface area (Å²) in [5.74, 6) is -0.0336. The summed E-state index contributed by atoms with van der Waals surface area (Å²) in [5.41, 5.74) is 1.78. The Labute approximate surface area is 128 Å². The fraction of sp³-hybridized carbons (Fsp3) is 0.0556. The van der Waals surface area contributed by atoms with Gasteiger partial charge < -0.3 is 5.32 Å². The Balaban J connectivity index is 1.79. The third kappa shape index (κ3) is 3.23. The van der Waals surface area contributed by atoms with Crippen LogP contribution < -0.4 is 5.32 Å². The highest BCUT2D eigenvalue weighted by Gasteiger charge is 2.07. The van der Waals surface area contributed by atoms with Crippen molar-refractivity contribution in [1.29, 1.82) is 0 Å². The van der Waals surface area contributed by atoms with Gasteiger partial charge in [-0.2, -0.15) is 0 Å². The van der Waals surface area contributed by atoms with Crippen molar-refractivity contribution in [2.45, 2.75) is 6.42 Å². The third-order valence-corrected chi connectivity index (χ3v) is 3.61. The number of anilines is 1. The van der Waals surface area contributed by atoms with Crippen molar-refractivity contribution in [2.75, 3.05) is 5.32 Å². The van der Waals surface area contributed by atoms with E-state index in [0.29, 0.717) is 11.4 Å². The molecular formula is C18H14ClNO. The quantitative estimate of drug-likeness (QED) is 0.747. The van der Waals surface area contributed by atoms with Crippen LogP contribution >= 0.6 is 11.6 Å². The lowest BCUT2D eigenvalue weighted by molar-refractivity contribution is -0.115. The van der Waals surface area contributed by atoms with Gasteiger partial charge in [0.2, 0.25) is 5.91 Å². The number of carbonyl (C=O) groups is 1. The molecule has 104 valence electrons. The molecule has 3 rings (SSSR count). The molecule has 0 fully saturated rings. The third-order valence-electron chi connectivity index (χ3n) is 3.36. The first-order chi connectivity index (χ1) is 10.2. The van der Waals surface area contributed by atoms with E-state index in [-0.39, 0.29) is 5.91 Å². The number of benzene rings is 3. The predicted octanol–water partition coefficient (Wildman–Crippen LogP) is 4.67. The van der Waals surface area contributed by atoms with Crippen molar-refractivity contribution >= 4 is 34.0 Å². The summed E-state index contributed by atoms with van der Waals surface area (Å²) in [6.45, 7) is 0. The summed E-state index contributed by atoms with van der Waals surface area (Å²) in [5, 5.41) is 5.80. The molecular weight excluding hydrogens is 282 g/mol. The molecule has 3 aromatic carbocycles. The van der Waals surface area contributed by atoms with E-state index in [1.807, 2.05) is 30.3 Å². The van der Waals surface area contributed by atoms with Crippen molar-refractivity contribution < 1.29 is 4.79 Å². The highest BCUT2D eigenvalue weighted by atomic mass is 35.5. The molecule has 3 heteroatoms. The zero-order valence-corrected chi connectivity index (χ0v) is 12.1. The molecule has 0 aliphatic rings. The SMILES string of the molecule is O=C(Cc1cccc2ccccc12)Nc1ccc(Cl)cc1. The second-order valence-electron chi connectivity index (χ2n) is 4.87. The molecule has 0 spiro atoms. The van der Waals surface area contributed by atoms with Crippen molar-refractivity contribution in [2.24, 2.45) is 0 Å². The molecule has 21 heavy (non-hydrogen) atoms. The largest absolute Gasteiger partial charge is 0.326 e. The van der Waals surface area contributed by atoms with E-state index < -0.39 is 0 Å². The summed E-state index contributed by atoms with van der Waals surface area (Å²) in [7, 11) is 0. The Bertz CT molecular complexity index is 775. The smallest absolute Gasteiger partial charge is 0.228 e. The van der Waals surface area contributed by atoms with E-state index >= 15 is 0 Å². The molecule has 0 saturated carbocycles. The molecule has 0 aliphatic heterocycles. The van der Waals surface area contributed by atoms with Gasteiger partial charge in [-0.05, 0) is 40.6 Å². The van der Waals surface area contributed by atoms with E-state index in [1.54, 1.807) is 24.3 Å². The maximum atomic E-state index is 12.2. The van der Waals surface area contributed by atoms with E-state index in [0.717, 1.165) is 22.0 Å². The van der Waals surface area contributed by atoms with Gasteiger partial charge in [0.1, 0.15) is 0 Å². The van der Waals surface area contributed by atoms with Crippen molar-refractivity contribution in [3.8, 4) is 0 Å². The van der Waals surface area contributed by atoms with Crippen molar-refractivity contribution in [1.82, 2.24) is 0 Å². The van der Waals surface area contributed by atoms with Gasteiger partial charge in [-0.1, -0.05) is 54.1 Å². The molecule has 0 saturated heterocycles. The van der Waals surface area contributed by atoms with Crippen molar-refractivity contribution in [3.63, 3.8) is 0 Å². The number of halogens is 1. The van der Waals surface area contributed by atoms with E-state index in [1.165, 1.54) is 0 Å². The van der Waals surface area contributed by atoms with Crippen LogP contribution in [0.5, 0.6) is 0 Å². The number of amides is 1. The monoisotopic (exact) mass is 295 g/mol. The number of rotatable bonds is 3. The average Bonchev–Trinajstić information content (AvgIpc) is 2.50. The standard InChI is InChI=1S/C18H14ClNO/c19-15-8-10-16(11-9-15)20-18(21)12-14-6-3-5-13-4-1-2-7-17(13)14/h1-11H,12H2,(H,20,21). The normalized spacial score (nSPS) is 10.5. The van der Waals surface area contributed by atoms with Crippen LogP contribution in [0.15, 0.2) is 66.7 Å². The fourth-order valence-electron chi connectivity index (χ4n) is 2.36. The second kappa shape index (κ2) is 5.98. The molecule has 0 unspecified atom stereocenters. The van der Waals surface area contributed by atoms with Gasteiger partial charge >= 0.3 is 0 Å². The number of fused-ring (bicyclic) bond motifs is 1. The van der Waals surface area contributed by atoms with Crippen LogP contribution in [0.4, 0.5) is 5.69 Å². The van der Waals surface area contributed by atoms with Gasteiger partial charge in [0, 0.05) is 10.7 Å². The minimum atomic E-state index is -0.0336. The number of carbonyl (C=O) groups excluding carboxylic acids is 1. The van der Waals surface area contributed by atoms with Crippen LogP contribution in [0.2, 0.25) is 5.02 Å². The van der Waals surface area contributed by atoms with Gasteiger partial charge in [-0.25, -0.2) is 0 Å². The maximum absolute atomic E-state index is 12.2. The Kier molecular flexibility index (Phi) is 3.89. The van der Waals surface area contributed by atoms with Crippen LogP contribution in [0.1, 0.15) is 5.56 Å². The molecule has 0 heterocycles. The number of hydrogen-bond acceptors (Lipinski definition) is 1. The molecule has 0 aromatic heterocycles. The first kappa shape index (κ1) is 13.7. The Morgan fingerprint density at radius 3 is 2.43 bits per heavy atom. The minimum Gasteiger partial charge on any atom is -0.326 e. The van der Waals surface area contributed by atoms with Crippen LogP contribution in [-0.2, 0) is 11.2 Å². The molecule has 3 aromatic rings. The maximum Gasteiger partial charge on any atom is 0.228 e. The first-order valence-electron chi connectivity index (χ1n) is 6.74. The molecule has 0 bridgehead atoms. The summed E-state index contributed by atoms with van der Waals surface area (Å²) >= 11 is 5.83. The highest BCUT2D eigenvalue weighted by molar-refractivity contribution is 6.30. The minimum absolute atomic E-state index is 0.0336. The summed E-state index contributed by atoms with van der Waals surface area (Å²) in [6, 6.07) is 21.2. The van der Waals surface area contributed by atoms with Gasteiger partial charge in [-0.15, -0.1) is 0 Å². The predicted molar refractivity (Wildman–Crippen MR) is 87.7 cm³/mol. The van der Waals surface area contributed by atoms with Gasteiger partial charge in [0.15, 0.2) is 0 Å². The zero-order valence-electron chi connectivity index (χ0n) is 11.3. The van der Waals surface area contributed by atoms with Crippen LogP contribution in [0.3, 0.4) is 0 Å². The highest BCUT2D eigenvalue weighted by Crippen LogP contribution is 2.19. The summed E-state index contributed by atoms with van der Waals surface area (Å²) in [4.78, 5) is 12.2. The Morgan fingerprint density at radius 1 is 0.905 bits per heavy atom. The van der Waals surface area contributed by atoms with Crippen LogP contribution in [0.25, 0.3) is 10.8 Å². The van der Waals surface area contributed by atoms with Crippen LogP contribution in [-0.4, -0.2) is 5.91 Å². The summed E-state index contributed by atoms with van der Waals surface area (Å²) in [6.07, 6.45) is 0.351. The Hall–Kier alpha value is -2.32. The van der Waals surface area contributed by atoms with Crippen LogP contribution in [0, 0.1) is 0 Å². The second-order valence-corrected chi connectivity index (χ2v) is 5.31. The molecule has 0 atom stereocenters. The van der Waals surface area contributed by atoms with E-state index in [4.69, 9.17) is 11.6 Å². The lowest BCUT2D eigenvalue weighted by Crippen LogP contribution is -2.14. The topological polar surface area (TPSA) is 29.1 Å². The first-order valence-corrected chi connectivity index (χ1v) is 7.12. The lowest BCUT2D eigenvalue weighted by Gasteiger charge is -2.08. The number of hydrogen-bond donors (Lipinski definition) is 1. The average molecular weight is 296 g/mol. The van der Waals surface area contributed by atoms with Gasteiger partial charge in [0.05, 0.1) is 6.42 Å². The molecule has 0 aliphatic carbocycles. The van der Waals surface area contributed by atoms with Gasteiger partial charge in [-0.3, -0.25) is 4.79 Å². The fourth-order valence-corrected chi connectivity index (χ4v) is 2.48. The molecule has 1 amide bonds.